The minimum Gasteiger partial charge on any atom is -0.478 e. The van der Waals surface area contributed by atoms with Crippen LogP contribution in [0.2, 0.25) is 0 Å². The van der Waals surface area contributed by atoms with Gasteiger partial charge in [0.2, 0.25) is 0 Å². The molecule has 1 aromatic heterocycles. The number of hydrogen-bond acceptors (Lipinski definition) is 3. The highest BCUT2D eigenvalue weighted by molar-refractivity contribution is 7.11. The molecule has 2 N–H and O–H groups in total. The summed E-state index contributed by atoms with van der Waals surface area (Å²) in [5, 5.41) is 11.9. The minimum atomic E-state index is -0.883. The molecule has 94 valence electrons. The highest BCUT2D eigenvalue weighted by atomic mass is 32.1. The summed E-state index contributed by atoms with van der Waals surface area (Å²) in [6.07, 6.45) is 2.23. The largest absolute Gasteiger partial charge is 0.478 e. The van der Waals surface area contributed by atoms with E-state index in [2.05, 4.69) is 31.3 Å². The number of carboxylic acid groups (broad SMARTS) is 1. The molecule has 0 saturated heterocycles. The van der Waals surface area contributed by atoms with Crippen LogP contribution in [-0.2, 0) is 11.2 Å². The molecule has 0 aromatic carbocycles. The van der Waals surface area contributed by atoms with E-state index in [1.165, 1.54) is 15.8 Å². The average Bonchev–Trinajstić information content (AvgIpc) is 2.60. The molecule has 17 heavy (non-hydrogen) atoms. The summed E-state index contributed by atoms with van der Waals surface area (Å²) < 4.78 is 0. The Hall–Kier alpha value is -1.13. The molecule has 0 aliphatic heterocycles. The van der Waals surface area contributed by atoms with E-state index in [4.69, 9.17) is 5.11 Å². The quantitative estimate of drug-likeness (QED) is 0.766. The molecule has 1 atom stereocenters. The van der Waals surface area contributed by atoms with Crippen molar-refractivity contribution in [3.05, 3.63) is 33.5 Å². The molecule has 1 rings (SSSR count). The van der Waals surface area contributed by atoms with E-state index in [1.807, 2.05) is 18.3 Å². The molecule has 0 bridgehead atoms. The van der Waals surface area contributed by atoms with Crippen LogP contribution >= 0.6 is 11.3 Å². The molecule has 1 unspecified atom stereocenters. The van der Waals surface area contributed by atoms with Crippen LogP contribution in [0.3, 0.4) is 0 Å². The van der Waals surface area contributed by atoms with Crippen molar-refractivity contribution < 1.29 is 9.90 Å². The maximum atomic E-state index is 10.4. The van der Waals surface area contributed by atoms with Gasteiger partial charge in [-0.25, -0.2) is 4.79 Å². The molecule has 0 amide bonds. The summed E-state index contributed by atoms with van der Waals surface area (Å²) >= 11 is 1.81. The van der Waals surface area contributed by atoms with Gasteiger partial charge < -0.3 is 10.4 Å². The second kappa shape index (κ2) is 6.57. The van der Waals surface area contributed by atoms with Crippen LogP contribution in [0.1, 0.15) is 23.6 Å². The standard InChI is InChI=1S/C13H19NO2S/c1-9(6-13(15)16)8-14-10(2)7-12-5-4-11(3)17-12/h4-6,10,14H,7-8H2,1-3H3,(H,15,16)/b9-6+. The Bertz CT molecular complexity index is 409. The predicted octanol–water partition coefficient (Wildman–Crippen LogP) is 2.61. The number of carbonyl (C=O) groups is 1. The SMILES string of the molecule is C/C(=C\C(=O)O)CNC(C)Cc1ccc(C)s1. The third-order valence-corrected chi connectivity index (χ3v) is 3.43. The second-order valence-electron chi connectivity index (χ2n) is 4.33. The molecule has 0 saturated carbocycles. The molecule has 4 heteroatoms. The van der Waals surface area contributed by atoms with Gasteiger partial charge in [0, 0.05) is 28.4 Å². The van der Waals surface area contributed by atoms with Gasteiger partial charge in [0.25, 0.3) is 0 Å². The van der Waals surface area contributed by atoms with Crippen LogP contribution in [0.4, 0.5) is 0 Å². The number of rotatable bonds is 6. The highest BCUT2D eigenvalue weighted by Crippen LogP contribution is 2.16. The summed E-state index contributed by atoms with van der Waals surface area (Å²) in [7, 11) is 0. The normalized spacial score (nSPS) is 13.7. The Balaban J connectivity index is 2.35. The Labute approximate surface area is 106 Å². The van der Waals surface area contributed by atoms with Gasteiger partial charge in [-0.3, -0.25) is 0 Å². The summed E-state index contributed by atoms with van der Waals surface area (Å²) in [6.45, 7) is 6.66. The molecule has 1 heterocycles. The van der Waals surface area contributed by atoms with E-state index in [0.29, 0.717) is 12.6 Å². The van der Waals surface area contributed by atoms with E-state index < -0.39 is 5.97 Å². The van der Waals surface area contributed by atoms with Crippen molar-refractivity contribution >= 4 is 17.3 Å². The van der Waals surface area contributed by atoms with Crippen LogP contribution in [0, 0.1) is 6.92 Å². The molecule has 0 fully saturated rings. The molecule has 0 aliphatic rings. The number of thiophene rings is 1. The average molecular weight is 253 g/mol. The topological polar surface area (TPSA) is 49.3 Å². The lowest BCUT2D eigenvalue weighted by molar-refractivity contribution is -0.131. The maximum Gasteiger partial charge on any atom is 0.328 e. The molecule has 0 radical (unpaired) electrons. The predicted molar refractivity (Wildman–Crippen MR) is 71.6 cm³/mol. The Morgan fingerprint density at radius 2 is 2.29 bits per heavy atom. The highest BCUT2D eigenvalue weighted by Gasteiger charge is 2.05. The zero-order chi connectivity index (χ0) is 12.8. The summed E-state index contributed by atoms with van der Waals surface area (Å²) in [4.78, 5) is 13.1. The Morgan fingerprint density at radius 1 is 1.59 bits per heavy atom. The van der Waals surface area contributed by atoms with Crippen molar-refractivity contribution in [3.63, 3.8) is 0 Å². The van der Waals surface area contributed by atoms with Crippen LogP contribution < -0.4 is 5.32 Å². The van der Waals surface area contributed by atoms with Crippen molar-refractivity contribution in [1.82, 2.24) is 5.32 Å². The van der Waals surface area contributed by atoms with Gasteiger partial charge in [-0.05, 0) is 39.3 Å². The Kier molecular flexibility index (Phi) is 5.38. The summed E-state index contributed by atoms with van der Waals surface area (Å²) in [5.74, 6) is -0.883. The van der Waals surface area contributed by atoms with Crippen molar-refractivity contribution in [2.24, 2.45) is 0 Å². The van der Waals surface area contributed by atoms with Crippen LogP contribution in [0.15, 0.2) is 23.8 Å². The zero-order valence-corrected chi connectivity index (χ0v) is 11.3. The number of aryl methyl sites for hydroxylation is 1. The summed E-state index contributed by atoms with van der Waals surface area (Å²) in [6, 6.07) is 4.63. The molecular weight excluding hydrogens is 234 g/mol. The minimum absolute atomic E-state index is 0.352. The lowest BCUT2D eigenvalue weighted by Gasteiger charge is -2.12. The number of aliphatic carboxylic acids is 1. The van der Waals surface area contributed by atoms with Crippen molar-refractivity contribution in [2.75, 3.05) is 6.54 Å². The molecule has 3 nitrogen and oxygen atoms in total. The number of carboxylic acids is 1. The van der Waals surface area contributed by atoms with Gasteiger partial charge in [-0.2, -0.15) is 0 Å². The fourth-order valence-corrected chi connectivity index (χ4v) is 2.58. The van der Waals surface area contributed by atoms with Crippen LogP contribution in [0.5, 0.6) is 0 Å². The van der Waals surface area contributed by atoms with Gasteiger partial charge in [0.1, 0.15) is 0 Å². The lowest BCUT2D eigenvalue weighted by atomic mass is 10.2. The van der Waals surface area contributed by atoms with Gasteiger partial charge in [0.05, 0.1) is 0 Å². The molecule has 0 spiro atoms. The van der Waals surface area contributed by atoms with E-state index in [0.717, 1.165) is 12.0 Å². The third-order valence-electron chi connectivity index (χ3n) is 2.40. The van der Waals surface area contributed by atoms with E-state index in [9.17, 15) is 4.79 Å². The van der Waals surface area contributed by atoms with Gasteiger partial charge >= 0.3 is 5.97 Å². The first-order chi connectivity index (χ1) is 7.97. The van der Waals surface area contributed by atoms with Gasteiger partial charge in [-0.1, -0.05) is 5.57 Å². The molecular formula is C13H19NO2S. The Morgan fingerprint density at radius 3 is 2.82 bits per heavy atom. The third kappa shape index (κ3) is 5.65. The van der Waals surface area contributed by atoms with Gasteiger partial charge in [-0.15, -0.1) is 11.3 Å². The maximum absolute atomic E-state index is 10.4. The molecule has 0 aliphatic carbocycles. The van der Waals surface area contributed by atoms with Crippen molar-refractivity contribution in [2.45, 2.75) is 33.2 Å². The van der Waals surface area contributed by atoms with E-state index in [1.54, 1.807) is 0 Å². The lowest BCUT2D eigenvalue weighted by Crippen LogP contribution is -2.29. The first-order valence-corrected chi connectivity index (χ1v) is 6.48. The van der Waals surface area contributed by atoms with Gasteiger partial charge in [0.15, 0.2) is 0 Å². The fourth-order valence-electron chi connectivity index (χ4n) is 1.57. The van der Waals surface area contributed by atoms with Crippen molar-refractivity contribution in [3.8, 4) is 0 Å². The monoisotopic (exact) mass is 253 g/mol. The first-order valence-electron chi connectivity index (χ1n) is 5.66. The molecule has 1 aromatic rings. The first kappa shape index (κ1) is 13.9. The number of nitrogens with one attached hydrogen (secondary N) is 1. The summed E-state index contributed by atoms with van der Waals surface area (Å²) in [5.41, 5.74) is 0.840. The zero-order valence-electron chi connectivity index (χ0n) is 10.5. The van der Waals surface area contributed by atoms with E-state index >= 15 is 0 Å². The fraction of sp³-hybridized carbons (Fsp3) is 0.462. The van der Waals surface area contributed by atoms with E-state index in [-0.39, 0.29) is 0 Å². The smallest absolute Gasteiger partial charge is 0.328 e. The van der Waals surface area contributed by atoms with Crippen LogP contribution in [-0.4, -0.2) is 23.7 Å². The second-order valence-corrected chi connectivity index (χ2v) is 5.70. The van der Waals surface area contributed by atoms with Crippen LogP contribution in [0.25, 0.3) is 0 Å². The number of hydrogen-bond donors (Lipinski definition) is 2. The van der Waals surface area contributed by atoms with Crippen molar-refractivity contribution in [1.29, 1.82) is 0 Å².